The molecule has 2 aromatic rings. The first-order valence-electron chi connectivity index (χ1n) is 6.34. The van der Waals surface area contributed by atoms with E-state index in [9.17, 15) is 14.2 Å². The Kier molecular flexibility index (Phi) is 5.10. The fourth-order valence-electron chi connectivity index (χ4n) is 1.92. The molecule has 22 heavy (non-hydrogen) atoms. The number of carbonyl (C=O) groups is 1. The lowest BCUT2D eigenvalue weighted by Crippen LogP contribution is -2.28. The summed E-state index contributed by atoms with van der Waals surface area (Å²) in [7, 11) is -4.54. The molecule has 0 bridgehead atoms. The molecule has 2 rings (SSSR count). The summed E-state index contributed by atoms with van der Waals surface area (Å²) >= 11 is 0. The molecule has 1 aromatic heterocycles. The van der Waals surface area contributed by atoms with Gasteiger partial charge in [-0.15, -0.1) is 0 Å². The van der Waals surface area contributed by atoms with E-state index >= 15 is 0 Å². The van der Waals surface area contributed by atoms with Crippen LogP contribution in [0.4, 0.5) is 0 Å². The van der Waals surface area contributed by atoms with E-state index in [2.05, 4.69) is 9.84 Å². The molecule has 9 heteroatoms. The zero-order chi connectivity index (χ0) is 16.2. The van der Waals surface area contributed by atoms with Crippen LogP contribution in [-0.2, 0) is 20.3 Å². The highest BCUT2D eigenvalue weighted by Crippen LogP contribution is 2.35. The van der Waals surface area contributed by atoms with Crippen molar-refractivity contribution in [3.05, 3.63) is 46.3 Å². The number of fused-ring (bicyclic) bond motifs is 1. The Morgan fingerprint density at radius 3 is 2.77 bits per heavy atom. The molecule has 0 fully saturated rings. The molecule has 0 atom stereocenters. The average Bonchev–Trinajstić information content (AvgIpc) is 2.42. The number of carbonyl (C=O) groups excluding carboxylic acids is 1. The largest absolute Gasteiger partial charge is 0.469 e. The fraction of sp³-hybridized carbons (Fsp3) is 0.231. The van der Waals surface area contributed by atoms with E-state index in [-0.39, 0.29) is 19.6 Å². The number of nitrogens with one attached hydrogen (secondary N) is 1. The Balaban J connectivity index is 2.00. The molecule has 0 unspecified atom stereocenters. The highest BCUT2D eigenvalue weighted by atomic mass is 31.2. The lowest BCUT2D eigenvalue weighted by atomic mass is 10.1. The Labute approximate surface area is 125 Å². The third-order valence-electron chi connectivity index (χ3n) is 2.77. The van der Waals surface area contributed by atoms with Gasteiger partial charge in [0.25, 0.3) is 0 Å². The van der Waals surface area contributed by atoms with Gasteiger partial charge in [-0.3, -0.25) is 9.32 Å². The molecule has 1 aromatic carbocycles. The van der Waals surface area contributed by atoms with Crippen LogP contribution in [0.3, 0.4) is 0 Å². The summed E-state index contributed by atoms with van der Waals surface area (Å²) in [5.74, 6) is -0.398. The summed E-state index contributed by atoms with van der Waals surface area (Å²) in [6.07, 6.45) is -0.0535. The molecule has 0 radical (unpaired) electrons. The maximum absolute atomic E-state index is 11.8. The van der Waals surface area contributed by atoms with Crippen LogP contribution >= 0.6 is 7.82 Å². The number of amides is 1. The van der Waals surface area contributed by atoms with Crippen LogP contribution in [0.5, 0.6) is 0 Å². The van der Waals surface area contributed by atoms with Gasteiger partial charge in [0.15, 0.2) is 0 Å². The monoisotopic (exact) mass is 327 g/mol. The van der Waals surface area contributed by atoms with Crippen LogP contribution in [0, 0.1) is 0 Å². The maximum atomic E-state index is 11.8. The molecule has 0 spiro atoms. The second kappa shape index (κ2) is 6.85. The molecular weight excluding hydrogens is 313 g/mol. The van der Waals surface area contributed by atoms with Crippen molar-refractivity contribution in [1.82, 2.24) is 5.32 Å². The smallest absolute Gasteiger partial charge is 0.423 e. The zero-order valence-corrected chi connectivity index (χ0v) is 12.3. The minimum Gasteiger partial charge on any atom is -0.423 e. The van der Waals surface area contributed by atoms with Gasteiger partial charge in [-0.25, -0.2) is 9.36 Å². The molecule has 0 aliphatic carbocycles. The van der Waals surface area contributed by atoms with Gasteiger partial charge in [0, 0.05) is 18.0 Å². The number of phosphoric ester groups is 1. The molecule has 8 nitrogen and oxygen atoms in total. The van der Waals surface area contributed by atoms with E-state index in [0.29, 0.717) is 16.5 Å². The summed E-state index contributed by atoms with van der Waals surface area (Å²) < 4.78 is 19.7. The highest BCUT2D eigenvalue weighted by molar-refractivity contribution is 7.46. The van der Waals surface area contributed by atoms with Crippen molar-refractivity contribution in [2.75, 3.05) is 13.2 Å². The summed E-state index contributed by atoms with van der Waals surface area (Å²) in [6.45, 7) is -0.364. The minimum atomic E-state index is -4.54. The van der Waals surface area contributed by atoms with Gasteiger partial charge in [-0.1, -0.05) is 18.2 Å². The number of phosphoric acid groups is 1. The highest BCUT2D eigenvalue weighted by Gasteiger charge is 2.13. The summed E-state index contributed by atoms with van der Waals surface area (Å²) in [5, 5.41) is 3.10. The number of benzene rings is 1. The van der Waals surface area contributed by atoms with Crippen LogP contribution < -0.4 is 10.9 Å². The van der Waals surface area contributed by atoms with Gasteiger partial charge in [0.1, 0.15) is 5.58 Å². The van der Waals surface area contributed by atoms with Crippen LogP contribution in [0.1, 0.15) is 5.56 Å². The molecule has 0 saturated heterocycles. The summed E-state index contributed by atoms with van der Waals surface area (Å²) in [4.78, 5) is 40.2. The van der Waals surface area contributed by atoms with E-state index in [1.807, 2.05) is 0 Å². The lowest BCUT2D eigenvalue weighted by molar-refractivity contribution is -0.120. The Bertz CT molecular complexity index is 779. The first-order chi connectivity index (χ1) is 10.3. The van der Waals surface area contributed by atoms with Gasteiger partial charge in [-0.05, 0) is 11.6 Å². The van der Waals surface area contributed by atoms with E-state index in [0.717, 1.165) is 0 Å². The lowest BCUT2D eigenvalue weighted by Gasteiger charge is -2.08. The van der Waals surface area contributed by atoms with Crippen LogP contribution in [0.15, 0.2) is 39.5 Å². The standard InChI is InChI=1S/C13H14NO7P/c15-12(14-5-6-20-22(17,18)19)7-9-8-13(16)21-11-4-2-1-3-10(9)11/h1-4,8H,5-7H2,(H,14,15)(H2,17,18,19). The normalized spacial score (nSPS) is 11.5. The van der Waals surface area contributed by atoms with E-state index in [1.54, 1.807) is 24.3 Å². The number of hydrogen-bond acceptors (Lipinski definition) is 5. The number of rotatable bonds is 6. The van der Waals surface area contributed by atoms with Crippen molar-refractivity contribution in [2.45, 2.75) is 6.42 Å². The average molecular weight is 327 g/mol. The van der Waals surface area contributed by atoms with Crippen molar-refractivity contribution in [2.24, 2.45) is 0 Å². The van der Waals surface area contributed by atoms with Gasteiger partial charge < -0.3 is 19.5 Å². The Morgan fingerprint density at radius 2 is 2.05 bits per heavy atom. The van der Waals surface area contributed by atoms with E-state index in [1.165, 1.54) is 6.07 Å². The van der Waals surface area contributed by atoms with Crippen molar-refractivity contribution in [1.29, 1.82) is 0 Å². The molecule has 0 saturated carbocycles. The molecule has 0 aliphatic rings. The summed E-state index contributed by atoms with van der Waals surface area (Å²) in [5.41, 5.74) is 0.356. The first-order valence-corrected chi connectivity index (χ1v) is 7.87. The minimum absolute atomic E-state index is 0.0523. The first kappa shape index (κ1) is 16.4. The van der Waals surface area contributed by atoms with Crippen molar-refractivity contribution in [3.8, 4) is 0 Å². The van der Waals surface area contributed by atoms with Crippen LogP contribution in [0.2, 0.25) is 0 Å². The second-order valence-corrected chi connectivity index (χ2v) is 5.68. The molecule has 118 valence electrons. The zero-order valence-electron chi connectivity index (χ0n) is 11.4. The van der Waals surface area contributed by atoms with Crippen LogP contribution in [-0.4, -0.2) is 28.8 Å². The topological polar surface area (TPSA) is 126 Å². The number of hydrogen-bond donors (Lipinski definition) is 3. The maximum Gasteiger partial charge on any atom is 0.469 e. The van der Waals surface area contributed by atoms with Gasteiger partial charge >= 0.3 is 13.4 Å². The molecule has 3 N–H and O–H groups in total. The third-order valence-corrected chi connectivity index (χ3v) is 3.29. The Hall–Kier alpha value is -1.99. The molecular formula is C13H14NO7P. The Morgan fingerprint density at radius 1 is 1.32 bits per heavy atom. The SMILES string of the molecule is O=C(Cc1cc(=O)oc2ccccc12)NCCOP(=O)(O)O. The van der Waals surface area contributed by atoms with Crippen molar-refractivity contribution >= 4 is 24.7 Å². The van der Waals surface area contributed by atoms with Crippen molar-refractivity contribution in [3.63, 3.8) is 0 Å². The predicted octanol–water partition coefficient (Wildman–Crippen LogP) is 0.561. The van der Waals surface area contributed by atoms with Crippen molar-refractivity contribution < 1.29 is 28.1 Å². The second-order valence-electron chi connectivity index (χ2n) is 4.44. The molecule has 1 heterocycles. The third kappa shape index (κ3) is 4.78. The molecule has 1 amide bonds. The van der Waals surface area contributed by atoms with Gasteiger partial charge in [0.05, 0.1) is 13.0 Å². The number of para-hydroxylation sites is 1. The van der Waals surface area contributed by atoms with Gasteiger partial charge in [0.2, 0.25) is 5.91 Å². The molecule has 0 aliphatic heterocycles. The quantitative estimate of drug-likeness (QED) is 0.402. The fourth-order valence-corrected chi connectivity index (χ4v) is 2.24. The van der Waals surface area contributed by atoms with Crippen LogP contribution in [0.25, 0.3) is 11.0 Å². The van der Waals surface area contributed by atoms with E-state index < -0.39 is 19.4 Å². The van der Waals surface area contributed by atoms with Gasteiger partial charge in [-0.2, -0.15) is 0 Å². The predicted molar refractivity (Wildman–Crippen MR) is 77.2 cm³/mol. The summed E-state index contributed by atoms with van der Waals surface area (Å²) in [6, 6.07) is 8.09. The van der Waals surface area contributed by atoms with E-state index in [4.69, 9.17) is 14.2 Å².